The van der Waals surface area contributed by atoms with Gasteiger partial charge in [0.05, 0.1) is 11.9 Å². The van der Waals surface area contributed by atoms with Gasteiger partial charge < -0.3 is 19.8 Å². The first-order chi connectivity index (χ1) is 4.04. The van der Waals surface area contributed by atoms with Crippen LogP contribution in [-0.4, -0.2) is 11.9 Å². The van der Waals surface area contributed by atoms with E-state index in [4.69, 9.17) is 0 Å². The fourth-order valence-electron chi connectivity index (χ4n) is 0.236. The van der Waals surface area contributed by atoms with E-state index < -0.39 is 11.9 Å². The molecule has 0 aromatic carbocycles. The van der Waals surface area contributed by atoms with Crippen LogP contribution >= 0.6 is 0 Å². The van der Waals surface area contributed by atoms with E-state index in [-0.39, 0.29) is 64.7 Å². The van der Waals surface area contributed by atoms with Gasteiger partial charge in [0.15, 0.2) is 0 Å². The molecule has 0 N–H and O–H groups in total. The average Bonchev–Trinajstić information content (AvgIpc) is 1.63. The van der Waals surface area contributed by atoms with Crippen LogP contribution in [-0.2, 0) is 9.59 Å². The molecule has 0 unspecified atom stereocenters. The molecule has 0 fully saturated rings. The minimum atomic E-state index is -1.53. The fraction of sp³-hybridized carbons (Fsp3) is 0.200. The first kappa shape index (κ1) is 17.7. The number of rotatable bonds is 2. The summed E-state index contributed by atoms with van der Waals surface area (Å²) in [7, 11) is 0. The fourth-order valence-corrected chi connectivity index (χ4v) is 0.236. The normalized spacial score (nSPS) is 9.00. The Labute approximate surface area is 108 Å². The van der Waals surface area contributed by atoms with Gasteiger partial charge in [-0.2, -0.15) is 0 Å². The van der Waals surface area contributed by atoms with E-state index in [1.807, 2.05) is 0 Å². The SMILES string of the molecule is C/C(=C/C(=O)[O-])C(=O)[O-].[Na+].[Na+]. The molecule has 4 nitrogen and oxygen atoms in total. The maximum absolute atomic E-state index is 9.76. The molecule has 11 heavy (non-hydrogen) atoms. The summed E-state index contributed by atoms with van der Waals surface area (Å²) in [5.74, 6) is -3.03. The molecule has 6 heteroatoms. The Hall–Kier alpha value is 0.680. The van der Waals surface area contributed by atoms with Crippen molar-refractivity contribution in [2.75, 3.05) is 0 Å². The number of carboxylic acid groups (broad SMARTS) is 2. The monoisotopic (exact) mass is 174 g/mol. The average molecular weight is 174 g/mol. The third-order valence-corrected chi connectivity index (χ3v) is 0.656. The Balaban J connectivity index is -0.000000320. The zero-order chi connectivity index (χ0) is 7.44. The van der Waals surface area contributed by atoms with Crippen LogP contribution in [0.15, 0.2) is 11.6 Å². The third-order valence-electron chi connectivity index (χ3n) is 0.656. The van der Waals surface area contributed by atoms with Crippen molar-refractivity contribution in [2.45, 2.75) is 6.92 Å². The molecule has 0 radical (unpaired) electrons. The third kappa shape index (κ3) is 10.7. The molecule has 0 aromatic rings. The number of carboxylic acids is 2. The molecule has 0 aliphatic carbocycles. The van der Waals surface area contributed by atoms with Crippen LogP contribution < -0.4 is 69.3 Å². The van der Waals surface area contributed by atoms with Crippen molar-refractivity contribution in [3.8, 4) is 0 Å². The van der Waals surface area contributed by atoms with Gasteiger partial charge in [0.25, 0.3) is 0 Å². The summed E-state index contributed by atoms with van der Waals surface area (Å²) in [6.07, 6.45) is 0.468. The summed E-state index contributed by atoms with van der Waals surface area (Å²) >= 11 is 0. The van der Waals surface area contributed by atoms with E-state index in [1.165, 1.54) is 0 Å². The van der Waals surface area contributed by atoms with Crippen molar-refractivity contribution >= 4 is 11.9 Å². The molecule has 0 aromatic heterocycles. The summed E-state index contributed by atoms with van der Waals surface area (Å²) in [6, 6.07) is 0. The van der Waals surface area contributed by atoms with Crippen LogP contribution in [0.5, 0.6) is 0 Å². The van der Waals surface area contributed by atoms with E-state index in [0.717, 1.165) is 6.92 Å². The molecular formula is C5H4Na2O4. The summed E-state index contributed by atoms with van der Waals surface area (Å²) in [5, 5.41) is 19.4. The molecule has 0 atom stereocenters. The summed E-state index contributed by atoms with van der Waals surface area (Å²) in [6.45, 7) is 1.12. The Kier molecular flexibility index (Phi) is 14.1. The number of hydrogen-bond acceptors (Lipinski definition) is 4. The van der Waals surface area contributed by atoms with Crippen LogP contribution in [0, 0.1) is 0 Å². The molecule has 0 aliphatic heterocycles. The molecule has 0 spiro atoms. The molecule has 0 bridgehead atoms. The van der Waals surface area contributed by atoms with E-state index in [2.05, 4.69) is 0 Å². The van der Waals surface area contributed by atoms with Gasteiger partial charge in [-0.25, -0.2) is 0 Å². The summed E-state index contributed by atoms with van der Waals surface area (Å²) in [4.78, 5) is 19.4. The quantitative estimate of drug-likeness (QED) is 0.307. The zero-order valence-electron chi connectivity index (χ0n) is 6.71. The Morgan fingerprint density at radius 2 is 1.55 bits per heavy atom. The van der Waals surface area contributed by atoms with Crippen molar-refractivity contribution in [3.63, 3.8) is 0 Å². The van der Waals surface area contributed by atoms with Crippen molar-refractivity contribution in [1.82, 2.24) is 0 Å². The number of carbonyl (C=O) groups excluding carboxylic acids is 2. The van der Waals surface area contributed by atoms with Crippen molar-refractivity contribution < 1.29 is 78.9 Å². The first-order valence-corrected chi connectivity index (χ1v) is 2.14. The first-order valence-electron chi connectivity index (χ1n) is 2.14. The van der Waals surface area contributed by atoms with Crippen molar-refractivity contribution in [3.05, 3.63) is 11.6 Å². The smallest absolute Gasteiger partial charge is 0.545 e. The van der Waals surface area contributed by atoms with Gasteiger partial charge in [0, 0.05) is 0 Å². The maximum atomic E-state index is 9.76. The zero-order valence-corrected chi connectivity index (χ0v) is 10.7. The maximum Gasteiger partial charge on any atom is 1.00 e. The van der Waals surface area contributed by atoms with Crippen LogP contribution in [0.2, 0.25) is 0 Å². The van der Waals surface area contributed by atoms with Crippen LogP contribution in [0.4, 0.5) is 0 Å². The molecule has 0 amide bonds. The predicted octanol–water partition coefficient (Wildman–Crippen LogP) is -8.56. The predicted molar refractivity (Wildman–Crippen MR) is 23.8 cm³/mol. The van der Waals surface area contributed by atoms with Gasteiger partial charge >= 0.3 is 59.1 Å². The summed E-state index contributed by atoms with van der Waals surface area (Å²) < 4.78 is 0. The molecule has 0 aliphatic rings. The van der Waals surface area contributed by atoms with Crippen LogP contribution in [0.1, 0.15) is 6.92 Å². The minimum Gasteiger partial charge on any atom is -0.545 e. The standard InChI is InChI=1S/C5H6O4.2Na/c1-3(5(8)9)2-4(6)7;;/h2H,1H3,(H,6,7)(H,8,9);;/q;2*+1/p-2/b3-2-;;. The second-order valence-corrected chi connectivity index (χ2v) is 1.43. The second-order valence-electron chi connectivity index (χ2n) is 1.43. The number of hydrogen-bond donors (Lipinski definition) is 0. The molecule has 0 saturated heterocycles. The van der Waals surface area contributed by atoms with E-state index in [1.54, 1.807) is 0 Å². The molecular weight excluding hydrogens is 170 g/mol. The van der Waals surface area contributed by atoms with E-state index in [0.29, 0.717) is 6.08 Å². The van der Waals surface area contributed by atoms with Gasteiger partial charge in [0.1, 0.15) is 0 Å². The van der Waals surface area contributed by atoms with E-state index >= 15 is 0 Å². The van der Waals surface area contributed by atoms with Gasteiger partial charge in [-0.3, -0.25) is 0 Å². The van der Waals surface area contributed by atoms with Crippen LogP contribution in [0.25, 0.3) is 0 Å². The Morgan fingerprint density at radius 1 is 1.18 bits per heavy atom. The topological polar surface area (TPSA) is 80.3 Å². The van der Waals surface area contributed by atoms with Crippen LogP contribution in [0.3, 0.4) is 0 Å². The van der Waals surface area contributed by atoms with Crippen molar-refractivity contribution in [2.24, 2.45) is 0 Å². The second kappa shape index (κ2) is 8.77. The van der Waals surface area contributed by atoms with Gasteiger partial charge in [0.2, 0.25) is 0 Å². The molecule has 0 saturated carbocycles. The molecule has 0 rings (SSSR count). The van der Waals surface area contributed by atoms with Gasteiger partial charge in [-0.1, -0.05) is 0 Å². The number of carbonyl (C=O) groups is 2. The molecule has 50 valence electrons. The van der Waals surface area contributed by atoms with E-state index in [9.17, 15) is 19.8 Å². The largest absolute Gasteiger partial charge is 1.00 e. The van der Waals surface area contributed by atoms with Gasteiger partial charge in [-0.15, -0.1) is 0 Å². The van der Waals surface area contributed by atoms with Gasteiger partial charge in [-0.05, 0) is 18.6 Å². The summed E-state index contributed by atoms with van der Waals surface area (Å²) in [5.41, 5.74) is -0.352. The number of aliphatic carboxylic acids is 2. The minimum absolute atomic E-state index is 0. The molecule has 0 heterocycles. The Morgan fingerprint density at radius 3 is 1.64 bits per heavy atom. The Bertz CT molecular complexity index is 175. The van der Waals surface area contributed by atoms with Crippen molar-refractivity contribution in [1.29, 1.82) is 0 Å².